The number of amides is 1. The van der Waals surface area contributed by atoms with Crippen molar-refractivity contribution in [1.82, 2.24) is 15.1 Å². The zero-order chi connectivity index (χ0) is 18.2. The van der Waals surface area contributed by atoms with Crippen LogP contribution < -0.4 is 11.1 Å². The lowest BCUT2D eigenvalue weighted by Gasteiger charge is -2.36. The van der Waals surface area contributed by atoms with Crippen molar-refractivity contribution in [3.05, 3.63) is 0 Å². The highest BCUT2D eigenvalue weighted by atomic mass is 16.1. The lowest BCUT2D eigenvalue weighted by molar-refractivity contribution is -0.119. The number of carbonyl (C=O) groups excluding carboxylic acids is 1. The summed E-state index contributed by atoms with van der Waals surface area (Å²) < 4.78 is 0. The number of likely N-dealkylation sites (tertiary alicyclic amines) is 2. The molecule has 0 aromatic heterocycles. The molecule has 2 heterocycles. The van der Waals surface area contributed by atoms with Crippen LogP contribution in [-0.4, -0.2) is 67.0 Å². The Bertz CT molecular complexity index is 451. The molecular weight excluding hydrogens is 314 g/mol. The largest absolute Gasteiger partial charge is 0.370 e. The predicted molar refractivity (Wildman–Crippen MR) is 104 cm³/mol. The Morgan fingerprint density at radius 3 is 2.60 bits per heavy atom. The van der Waals surface area contributed by atoms with Gasteiger partial charge in [0.15, 0.2) is 5.96 Å². The number of primary amides is 1. The van der Waals surface area contributed by atoms with Gasteiger partial charge in [0, 0.05) is 45.2 Å². The maximum absolute atomic E-state index is 11.2. The molecule has 25 heavy (non-hydrogen) atoms. The summed E-state index contributed by atoms with van der Waals surface area (Å²) >= 11 is 0. The van der Waals surface area contributed by atoms with Crippen molar-refractivity contribution >= 4 is 11.9 Å². The minimum Gasteiger partial charge on any atom is -0.370 e. The van der Waals surface area contributed by atoms with Crippen LogP contribution in [0, 0.1) is 11.8 Å². The van der Waals surface area contributed by atoms with Crippen LogP contribution in [0.15, 0.2) is 4.99 Å². The zero-order valence-electron chi connectivity index (χ0n) is 16.3. The third kappa shape index (κ3) is 6.49. The number of hydrogen-bond donors (Lipinski definition) is 2. The van der Waals surface area contributed by atoms with E-state index in [-0.39, 0.29) is 5.91 Å². The second-order valence-electron chi connectivity index (χ2n) is 7.92. The molecule has 0 aromatic rings. The van der Waals surface area contributed by atoms with Gasteiger partial charge in [0.25, 0.3) is 0 Å². The third-order valence-corrected chi connectivity index (χ3v) is 5.42. The smallest absolute Gasteiger partial charge is 0.217 e. The van der Waals surface area contributed by atoms with Gasteiger partial charge in [-0.25, -0.2) is 0 Å². The SMILES string of the molecule is CCNC(=NCC1CCCN(C(C)C)C1)N1CCCC(CC(N)=O)C1. The highest BCUT2D eigenvalue weighted by Gasteiger charge is 2.25. The van der Waals surface area contributed by atoms with Gasteiger partial charge in [-0.05, 0) is 64.8 Å². The molecule has 2 aliphatic heterocycles. The Labute approximate surface area is 153 Å². The van der Waals surface area contributed by atoms with Crippen molar-refractivity contribution < 1.29 is 4.79 Å². The molecule has 2 saturated heterocycles. The van der Waals surface area contributed by atoms with E-state index in [0.29, 0.717) is 24.3 Å². The Morgan fingerprint density at radius 2 is 1.92 bits per heavy atom. The number of hydrogen-bond acceptors (Lipinski definition) is 3. The van der Waals surface area contributed by atoms with Gasteiger partial charge in [-0.1, -0.05) is 0 Å². The van der Waals surface area contributed by atoms with Crippen molar-refractivity contribution in [3.63, 3.8) is 0 Å². The van der Waals surface area contributed by atoms with E-state index < -0.39 is 0 Å². The van der Waals surface area contributed by atoms with Crippen molar-refractivity contribution in [2.24, 2.45) is 22.6 Å². The van der Waals surface area contributed by atoms with Gasteiger partial charge in [-0.3, -0.25) is 9.79 Å². The van der Waals surface area contributed by atoms with Crippen molar-refractivity contribution in [1.29, 1.82) is 0 Å². The van der Waals surface area contributed by atoms with Gasteiger partial charge in [-0.15, -0.1) is 0 Å². The van der Waals surface area contributed by atoms with Gasteiger partial charge in [0.2, 0.25) is 5.91 Å². The Kier molecular flexibility index (Phi) is 8.00. The molecule has 2 unspecified atom stereocenters. The number of carbonyl (C=O) groups is 1. The fraction of sp³-hybridized carbons (Fsp3) is 0.895. The van der Waals surface area contributed by atoms with E-state index in [2.05, 4.69) is 35.9 Å². The maximum Gasteiger partial charge on any atom is 0.217 e. The van der Waals surface area contributed by atoms with E-state index >= 15 is 0 Å². The molecule has 2 aliphatic rings. The molecule has 0 aromatic carbocycles. The molecule has 0 aliphatic carbocycles. The van der Waals surface area contributed by atoms with Crippen LogP contribution in [0.4, 0.5) is 0 Å². The Morgan fingerprint density at radius 1 is 1.20 bits per heavy atom. The van der Waals surface area contributed by atoms with Crippen LogP contribution in [-0.2, 0) is 4.79 Å². The lowest BCUT2D eigenvalue weighted by atomic mass is 9.94. The summed E-state index contributed by atoms with van der Waals surface area (Å²) in [5.41, 5.74) is 5.39. The number of nitrogens with zero attached hydrogens (tertiary/aromatic N) is 3. The van der Waals surface area contributed by atoms with E-state index in [0.717, 1.165) is 51.5 Å². The molecule has 0 spiro atoms. The van der Waals surface area contributed by atoms with E-state index in [1.807, 2.05) is 0 Å². The van der Waals surface area contributed by atoms with Crippen LogP contribution in [0.5, 0.6) is 0 Å². The van der Waals surface area contributed by atoms with Gasteiger partial charge in [-0.2, -0.15) is 0 Å². The third-order valence-electron chi connectivity index (χ3n) is 5.42. The number of guanidine groups is 1. The molecule has 0 radical (unpaired) electrons. The summed E-state index contributed by atoms with van der Waals surface area (Å²) in [6.45, 7) is 12.7. The number of rotatable bonds is 6. The van der Waals surface area contributed by atoms with Crippen molar-refractivity contribution in [3.8, 4) is 0 Å². The van der Waals surface area contributed by atoms with Crippen LogP contribution in [0.3, 0.4) is 0 Å². The highest BCUT2D eigenvalue weighted by Crippen LogP contribution is 2.21. The molecule has 3 N–H and O–H groups in total. The summed E-state index contributed by atoms with van der Waals surface area (Å²) in [7, 11) is 0. The molecule has 2 fully saturated rings. The summed E-state index contributed by atoms with van der Waals surface area (Å²) in [5, 5.41) is 3.45. The van der Waals surface area contributed by atoms with Crippen LogP contribution >= 0.6 is 0 Å². The number of piperidine rings is 2. The molecule has 0 bridgehead atoms. The number of nitrogens with two attached hydrogens (primary N) is 1. The fourth-order valence-corrected chi connectivity index (χ4v) is 4.07. The fourth-order valence-electron chi connectivity index (χ4n) is 4.07. The highest BCUT2D eigenvalue weighted by molar-refractivity contribution is 5.80. The number of aliphatic imine (C=N–C) groups is 1. The molecule has 1 amide bonds. The summed E-state index contributed by atoms with van der Waals surface area (Å²) in [6.07, 6.45) is 5.23. The van der Waals surface area contributed by atoms with E-state index in [9.17, 15) is 4.79 Å². The predicted octanol–water partition coefficient (Wildman–Crippen LogP) is 1.66. The minimum atomic E-state index is -0.190. The molecule has 0 saturated carbocycles. The second-order valence-corrected chi connectivity index (χ2v) is 7.92. The van der Waals surface area contributed by atoms with Gasteiger partial charge >= 0.3 is 0 Å². The number of nitrogens with one attached hydrogen (secondary N) is 1. The standard InChI is InChI=1S/C19H37N5O/c1-4-21-19(24-10-5-7-16(13-24)11-18(20)25)22-12-17-8-6-9-23(14-17)15(2)3/h15-17H,4-14H2,1-3H3,(H2,20,25)(H,21,22). The van der Waals surface area contributed by atoms with E-state index in [1.165, 1.54) is 19.4 Å². The molecule has 2 rings (SSSR count). The molecule has 6 heteroatoms. The minimum absolute atomic E-state index is 0.190. The maximum atomic E-state index is 11.2. The van der Waals surface area contributed by atoms with Gasteiger partial charge in [0.1, 0.15) is 0 Å². The quantitative estimate of drug-likeness (QED) is 0.564. The summed E-state index contributed by atoms with van der Waals surface area (Å²) in [5.74, 6) is 1.83. The average Bonchev–Trinajstić information content (AvgIpc) is 2.58. The van der Waals surface area contributed by atoms with Gasteiger partial charge in [0.05, 0.1) is 0 Å². The molecular formula is C19H37N5O. The zero-order valence-corrected chi connectivity index (χ0v) is 16.3. The lowest BCUT2D eigenvalue weighted by Crippen LogP contribution is -2.47. The first-order valence-electron chi connectivity index (χ1n) is 10.0. The van der Waals surface area contributed by atoms with Gasteiger partial charge < -0.3 is 20.9 Å². The van der Waals surface area contributed by atoms with E-state index in [1.54, 1.807) is 0 Å². The average molecular weight is 352 g/mol. The van der Waals surface area contributed by atoms with Crippen LogP contribution in [0.2, 0.25) is 0 Å². The summed E-state index contributed by atoms with van der Waals surface area (Å²) in [4.78, 5) is 21.1. The topological polar surface area (TPSA) is 74.0 Å². The first-order valence-corrected chi connectivity index (χ1v) is 10.0. The molecule has 144 valence electrons. The normalized spacial score (nSPS) is 26.1. The molecule has 6 nitrogen and oxygen atoms in total. The summed E-state index contributed by atoms with van der Waals surface area (Å²) in [6, 6.07) is 0.622. The Balaban J connectivity index is 1.94. The first-order chi connectivity index (χ1) is 12.0. The second kappa shape index (κ2) is 10.00. The van der Waals surface area contributed by atoms with Crippen molar-refractivity contribution in [2.75, 3.05) is 39.3 Å². The van der Waals surface area contributed by atoms with Crippen LogP contribution in [0.25, 0.3) is 0 Å². The molecule has 2 atom stereocenters. The van der Waals surface area contributed by atoms with E-state index in [4.69, 9.17) is 10.7 Å². The monoisotopic (exact) mass is 351 g/mol. The first kappa shape index (κ1) is 20.0. The van der Waals surface area contributed by atoms with Crippen molar-refractivity contribution in [2.45, 2.75) is 58.9 Å². The Hall–Kier alpha value is -1.30. The van der Waals surface area contributed by atoms with Crippen LogP contribution in [0.1, 0.15) is 52.9 Å².